The van der Waals surface area contributed by atoms with Crippen molar-refractivity contribution in [3.8, 4) is 0 Å². The summed E-state index contributed by atoms with van der Waals surface area (Å²) in [4.78, 5) is 26.5. The number of rotatable bonds is 4. The summed E-state index contributed by atoms with van der Waals surface area (Å²) in [6.07, 6.45) is 12.8. The molecule has 0 aromatic carbocycles. The van der Waals surface area contributed by atoms with Gasteiger partial charge >= 0.3 is 11.9 Å². The van der Waals surface area contributed by atoms with Crippen molar-refractivity contribution >= 4 is 11.9 Å². The maximum atomic E-state index is 12.3. The van der Waals surface area contributed by atoms with Crippen LogP contribution in [0.2, 0.25) is 0 Å². The lowest BCUT2D eigenvalue weighted by molar-refractivity contribution is -0.138. The van der Waals surface area contributed by atoms with E-state index in [-0.39, 0.29) is 13.2 Å². The summed E-state index contributed by atoms with van der Waals surface area (Å²) in [5, 5.41) is 0. The first-order valence-corrected chi connectivity index (χ1v) is 7.54. The molecule has 23 heavy (non-hydrogen) atoms. The molecular weight excluding hydrogens is 294 g/mol. The average Bonchev–Trinajstić information content (AvgIpc) is 2.56. The van der Waals surface area contributed by atoms with Crippen molar-refractivity contribution in [1.29, 1.82) is 0 Å². The summed E-state index contributed by atoms with van der Waals surface area (Å²) in [5.74, 6) is -0.910. The molecule has 3 heterocycles. The molecule has 0 saturated carbocycles. The Morgan fingerprint density at radius 2 is 1.70 bits per heavy atom. The molecule has 0 amide bonds. The van der Waals surface area contributed by atoms with Crippen LogP contribution in [0, 0.1) is 0 Å². The highest BCUT2D eigenvalue weighted by atomic mass is 16.5. The lowest BCUT2D eigenvalue weighted by Gasteiger charge is -2.37. The van der Waals surface area contributed by atoms with Crippen LogP contribution in [0.1, 0.15) is 13.8 Å². The Morgan fingerprint density at radius 1 is 1.00 bits per heavy atom. The third-order valence-corrected chi connectivity index (χ3v) is 3.61. The molecule has 0 N–H and O–H groups in total. The molecule has 0 bridgehead atoms. The number of ether oxygens (including phenoxy) is 2. The summed E-state index contributed by atoms with van der Waals surface area (Å²) in [5.41, 5.74) is 2.99. The average molecular weight is 311 g/mol. The second-order valence-electron chi connectivity index (χ2n) is 4.99. The van der Waals surface area contributed by atoms with Gasteiger partial charge in [0, 0.05) is 5.70 Å². The van der Waals surface area contributed by atoms with Gasteiger partial charge in [-0.05, 0) is 44.2 Å². The summed E-state index contributed by atoms with van der Waals surface area (Å²) in [6, 6.07) is 0. The molecule has 118 valence electrons. The lowest BCUT2D eigenvalue weighted by Crippen LogP contribution is -2.32. The van der Waals surface area contributed by atoms with Crippen LogP contribution in [0.4, 0.5) is 0 Å². The molecule has 0 aliphatic carbocycles. The van der Waals surface area contributed by atoms with E-state index in [4.69, 9.17) is 9.47 Å². The first-order valence-electron chi connectivity index (χ1n) is 7.54. The molecule has 5 heteroatoms. The van der Waals surface area contributed by atoms with Gasteiger partial charge in [0.05, 0.1) is 35.8 Å². The number of hydrogen-bond donors (Lipinski definition) is 0. The molecule has 5 nitrogen and oxygen atoms in total. The number of nitrogens with zero attached hydrogens (tertiary/aromatic N) is 1. The van der Waals surface area contributed by atoms with Crippen LogP contribution in [-0.2, 0) is 19.1 Å². The van der Waals surface area contributed by atoms with Crippen LogP contribution in [0.5, 0.6) is 0 Å². The van der Waals surface area contributed by atoms with E-state index in [0.29, 0.717) is 22.5 Å². The fourth-order valence-electron chi connectivity index (χ4n) is 2.69. The van der Waals surface area contributed by atoms with Gasteiger partial charge in [0.2, 0.25) is 0 Å². The predicted octanol–water partition coefficient (Wildman–Crippen LogP) is 2.52. The maximum Gasteiger partial charge on any atom is 0.340 e. The Hall–Kier alpha value is -2.82. The van der Waals surface area contributed by atoms with E-state index < -0.39 is 11.9 Å². The van der Waals surface area contributed by atoms with Gasteiger partial charge in [0.25, 0.3) is 0 Å². The zero-order chi connectivity index (χ0) is 16.4. The van der Waals surface area contributed by atoms with E-state index in [1.54, 1.807) is 19.9 Å². The quantitative estimate of drug-likeness (QED) is 0.747. The fourth-order valence-corrected chi connectivity index (χ4v) is 2.69. The molecule has 0 aromatic heterocycles. The first kappa shape index (κ1) is 15.1. The summed E-state index contributed by atoms with van der Waals surface area (Å²) in [6.45, 7) is 4.04. The van der Waals surface area contributed by atoms with E-state index >= 15 is 0 Å². The zero-order valence-corrected chi connectivity index (χ0v) is 13.0. The molecule has 3 rings (SSSR count). The first-order chi connectivity index (χ1) is 11.2. The van der Waals surface area contributed by atoms with Crippen molar-refractivity contribution in [3.05, 3.63) is 70.8 Å². The molecule has 0 fully saturated rings. The van der Waals surface area contributed by atoms with Gasteiger partial charge in [-0.15, -0.1) is 0 Å². The van der Waals surface area contributed by atoms with Crippen LogP contribution < -0.4 is 0 Å². The van der Waals surface area contributed by atoms with Crippen molar-refractivity contribution < 1.29 is 19.1 Å². The topological polar surface area (TPSA) is 55.8 Å². The van der Waals surface area contributed by atoms with E-state index in [1.165, 1.54) is 0 Å². The van der Waals surface area contributed by atoms with Crippen molar-refractivity contribution in [2.45, 2.75) is 13.8 Å². The number of esters is 2. The Labute approximate surface area is 134 Å². The van der Waals surface area contributed by atoms with Crippen molar-refractivity contribution in [3.63, 3.8) is 0 Å². The Balaban J connectivity index is 2.15. The van der Waals surface area contributed by atoms with Crippen LogP contribution in [0.25, 0.3) is 0 Å². The lowest BCUT2D eigenvalue weighted by atomic mass is 9.94. The Morgan fingerprint density at radius 3 is 2.43 bits per heavy atom. The van der Waals surface area contributed by atoms with Gasteiger partial charge in [0.15, 0.2) is 0 Å². The maximum absolute atomic E-state index is 12.3. The van der Waals surface area contributed by atoms with Crippen LogP contribution in [0.15, 0.2) is 70.8 Å². The highest BCUT2D eigenvalue weighted by Crippen LogP contribution is 2.38. The van der Waals surface area contributed by atoms with E-state index in [0.717, 1.165) is 5.70 Å². The van der Waals surface area contributed by atoms with E-state index in [2.05, 4.69) is 0 Å². The smallest absolute Gasteiger partial charge is 0.340 e. The second-order valence-corrected chi connectivity index (χ2v) is 4.99. The Bertz CT molecular complexity index is 747. The van der Waals surface area contributed by atoms with Gasteiger partial charge in [0.1, 0.15) is 0 Å². The third kappa shape index (κ3) is 2.54. The van der Waals surface area contributed by atoms with Crippen molar-refractivity contribution in [1.82, 2.24) is 4.90 Å². The summed E-state index contributed by atoms with van der Waals surface area (Å²) >= 11 is 0. The minimum atomic E-state index is -0.455. The van der Waals surface area contributed by atoms with E-state index in [1.807, 2.05) is 41.4 Å². The molecule has 3 aliphatic heterocycles. The highest BCUT2D eigenvalue weighted by molar-refractivity contribution is 6.01. The SMILES string of the molecule is CCOC(=O)C1=CC(C(=O)OCC)=C2C=CC=C3C=CC=C1N32. The zero-order valence-electron chi connectivity index (χ0n) is 13.0. The fraction of sp³-hybridized carbons (Fsp3) is 0.222. The Kier molecular flexibility index (Phi) is 4.02. The molecule has 0 saturated heterocycles. The molecule has 0 aromatic rings. The molecule has 3 aliphatic rings. The molecule has 0 atom stereocenters. The van der Waals surface area contributed by atoms with Crippen molar-refractivity contribution in [2.24, 2.45) is 0 Å². The van der Waals surface area contributed by atoms with Crippen LogP contribution in [0.3, 0.4) is 0 Å². The van der Waals surface area contributed by atoms with Gasteiger partial charge in [-0.25, -0.2) is 9.59 Å². The number of hydrogen-bond acceptors (Lipinski definition) is 5. The molecular formula is C18H17NO4. The number of allylic oxidation sites excluding steroid dienone is 6. The van der Waals surface area contributed by atoms with E-state index in [9.17, 15) is 9.59 Å². The summed E-state index contributed by atoms with van der Waals surface area (Å²) < 4.78 is 10.3. The molecule has 0 unspecified atom stereocenters. The third-order valence-electron chi connectivity index (χ3n) is 3.61. The van der Waals surface area contributed by atoms with Gasteiger partial charge in [-0.2, -0.15) is 0 Å². The minimum Gasteiger partial charge on any atom is -0.462 e. The molecule has 0 spiro atoms. The van der Waals surface area contributed by atoms with Crippen molar-refractivity contribution in [2.75, 3.05) is 13.2 Å². The number of carbonyl (C=O) groups excluding carboxylic acids is 2. The van der Waals surface area contributed by atoms with Gasteiger partial charge in [-0.1, -0.05) is 12.2 Å². The van der Waals surface area contributed by atoms with Gasteiger partial charge in [-0.3, -0.25) is 0 Å². The summed E-state index contributed by atoms with van der Waals surface area (Å²) in [7, 11) is 0. The minimum absolute atomic E-state index is 0.271. The normalized spacial score (nSPS) is 18.0. The predicted molar refractivity (Wildman–Crippen MR) is 84.7 cm³/mol. The second kappa shape index (κ2) is 6.12. The number of carbonyl (C=O) groups is 2. The monoisotopic (exact) mass is 311 g/mol. The van der Waals surface area contributed by atoms with Crippen LogP contribution in [-0.4, -0.2) is 30.1 Å². The largest absolute Gasteiger partial charge is 0.462 e. The van der Waals surface area contributed by atoms with Crippen LogP contribution >= 0.6 is 0 Å². The molecule has 0 radical (unpaired) electrons. The standard InChI is InChI=1S/C18H17NO4/c1-3-22-17(20)13-11-14(18(21)23-4-2)16-10-6-8-12-7-5-9-15(13)19(12)16/h5-11H,3-4H2,1-2H3. The van der Waals surface area contributed by atoms with Gasteiger partial charge < -0.3 is 14.4 Å². The highest BCUT2D eigenvalue weighted by Gasteiger charge is 2.34.